The summed E-state index contributed by atoms with van der Waals surface area (Å²) in [5.74, 6) is 0. The maximum atomic E-state index is 5.57. The Hall–Kier alpha value is -0.380. The van der Waals surface area contributed by atoms with Gasteiger partial charge in [0.1, 0.15) is 0 Å². The fraction of sp³-hybridized carbons (Fsp3) is 0.882. The minimum atomic E-state index is 0.345. The van der Waals surface area contributed by atoms with Gasteiger partial charge in [-0.05, 0) is 39.2 Å². The molecule has 1 heterocycles. The molecule has 3 heteroatoms. The maximum Gasteiger partial charge on any atom is 0.0594 e. The van der Waals surface area contributed by atoms with Gasteiger partial charge in [-0.2, -0.15) is 0 Å². The van der Waals surface area contributed by atoms with Gasteiger partial charge in [0.05, 0.1) is 13.2 Å². The van der Waals surface area contributed by atoms with Crippen molar-refractivity contribution in [2.45, 2.75) is 64.0 Å². The molecule has 0 aromatic heterocycles. The van der Waals surface area contributed by atoms with E-state index < -0.39 is 0 Å². The van der Waals surface area contributed by atoms with E-state index in [9.17, 15) is 0 Å². The Kier molecular flexibility index (Phi) is 6.06. The largest absolute Gasteiger partial charge is 0.379 e. The highest BCUT2D eigenvalue weighted by Crippen LogP contribution is 2.40. The van der Waals surface area contributed by atoms with E-state index in [0.29, 0.717) is 11.6 Å². The number of nitrogens with zero attached hydrogens (tertiary/aromatic N) is 1. The first-order valence-electron chi connectivity index (χ1n) is 8.39. The molecular weight excluding hydrogens is 248 g/mol. The van der Waals surface area contributed by atoms with Gasteiger partial charge >= 0.3 is 0 Å². The minimum Gasteiger partial charge on any atom is -0.379 e. The van der Waals surface area contributed by atoms with Gasteiger partial charge in [-0.15, -0.1) is 6.58 Å². The summed E-state index contributed by atoms with van der Waals surface area (Å²) in [4.78, 5) is 2.72. The zero-order valence-corrected chi connectivity index (χ0v) is 13.4. The molecule has 2 aliphatic rings. The molecule has 116 valence electrons. The molecule has 3 nitrogen and oxygen atoms in total. The standard InChI is InChI=1S/C17H32N2O/c1-4-9-18-16(14-15(2)3)17(7-5-6-8-17)19-10-12-20-13-11-19/h16,18H,2,4-14H2,1,3H3. The zero-order chi connectivity index (χ0) is 14.4. The highest BCUT2D eigenvalue weighted by atomic mass is 16.5. The Morgan fingerprint density at radius 2 is 1.95 bits per heavy atom. The van der Waals surface area contributed by atoms with Crippen molar-refractivity contribution in [1.29, 1.82) is 0 Å². The molecular formula is C17H32N2O. The van der Waals surface area contributed by atoms with Crippen molar-refractivity contribution >= 4 is 0 Å². The van der Waals surface area contributed by atoms with E-state index in [1.165, 1.54) is 37.7 Å². The van der Waals surface area contributed by atoms with Crippen LogP contribution in [-0.2, 0) is 4.74 Å². The van der Waals surface area contributed by atoms with Crippen LogP contribution >= 0.6 is 0 Å². The van der Waals surface area contributed by atoms with Crippen molar-refractivity contribution in [3.63, 3.8) is 0 Å². The molecule has 1 unspecified atom stereocenters. The van der Waals surface area contributed by atoms with Crippen molar-refractivity contribution in [2.75, 3.05) is 32.8 Å². The van der Waals surface area contributed by atoms with E-state index in [4.69, 9.17) is 4.74 Å². The van der Waals surface area contributed by atoms with Crippen LogP contribution in [0.4, 0.5) is 0 Å². The highest BCUT2D eigenvalue weighted by molar-refractivity contribution is 5.08. The van der Waals surface area contributed by atoms with Gasteiger partial charge in [-0.25, -0.2) is 0 Å². The second kappa shape index (κ2) is 7.58. The number of hydrogen-bond donors (Lipinski definition) is 1. The topological polar surface area (TPSA) is 24.5 Å². The van der Waals surface area contributed by atoms with Gasteiger partial charge in [0.25, 0.3) is 0 Å². The predicted molar refractivity (Wildman–Crippen MR) is 85.1 cm³/mol. The summed E-state index contributed by atoms with van der Waals surface area (Å²) in [6, 6.07) is 0.556. The van der Waals surface area contributed by atoms with Crippen molar-refractivity contribution in [3.05, 3.63) is 12.2 Å². The fourth-order valence-corrected chi connectivity index (χ4v) is 4.00. The average Bonchev–Trinajstić information content (AvgIpc) is 2.95. The van der Waals surface area contributed by atoms with Crippen LogP contribution in [0.15, 0.2) is 12.2 Å². The van der Waals surface area contributed by atoms with E-state index in [1.807, 2.05) is 0 Å². The Bertz CT molecular complexity index is 304. The summed E-state index contributed by atoms with van der Waals surface area (Å²) in [5, 5.41) is 3.84. The van der Waals surface area contributed by atoms with Crippen LogP contribution in [0.25, 0.3) is 0 Å². The summed E-state index contributed by atoms with van der Waals surface area (Å²) < 4.78 is 5.57. The van der Waals surface area contributed by atoms with Gasteiger partial charge in [0.2, 0.25) is 0 Å². The van der Waals surface area contributed by atoms with Crippen LogP contribution < -0.4 is 5.32 Å². The lowest BCUT2D eigenvalue weighted by atomic mass is 9.82. The second-order valence-electron chi connectivity index (χ2n) is 6.58. The van der Waals surface area contributed by atoms with Crippen LogP contribution in [0.3, 0.4) is 0 Å². The summed E-state index contributed by atoms with van der Waals surface area (Å²) in [5.41, 5.74) is 1.65. The van der Waals surface area contributed by atoms with Gasteiger partial charge < -0.3 is 10.1 Å². The molecule has 0 radical (unpaired) electrons. The molecule has 1 saturated carbocycles. The van der Waals surface area contributed by atoms with Crippen LogP contribution in [0.2, 0.25) is 0 Å². The molecule has 1 aliphatic heterocycles. The summed E-state index contributed by atoms with van der Waals surface area (Å²) in [6.45, 7) is 13.7. The van der Waals surface area contributed by atoms with Crippen molar-refractivity contribution in [3.8, 4) is 0 Å². The molecule has 1 saturated heterocycles. The monoisotopic (exact) mass is 280 g/mol. The Morgan fingerprint density at radius 1 is 1.30 bits per heavy atom. The van der Waals surface area contributed by atoms with Crippen LogP contribution in [-0.4, -0.2) is 49.3 Å². The van der Waals surface area contributed by atoms with Crippen LogP contribution in [0, 0.1) is 0 Å². The first-order chi connectivity index (χ1) is 9.69. The molecule has 1 aliphatic carbocycles. The molecule has 20 heavy (non-hydrogen) atoms. The van der Waals surface area contributed by atoms with Gasteiger partial charge in [0.15, 0.2) is 0 Å². The molecule has 0 aromatic carbocycles. The van der Waals surface area contributed by atoms with E-state index in [2.05, 4.69) is 30.6 Å². The highest BCUT2D eigenvalue weighted by Gasteiger charge is 2.45. The molecule has 0 spiro atoms. The van der Waals surface area contributed by atoms with E-state index in [0.717, 1.165) is 39.3 Å². The number of nitrogens with one attached hydrogen (secondary N) is 1. The molecule has 0 bridgehead atoms. The zero-order valence-electron chi connectivity index (χ0n) is 13.4. The fourth-order valence-electron chi connectivity index (χ4n) is 4.00. The Balaban J connectivity index is 2.14. The van der Waals surface area contributed by atoms with Gasteiger partial charge in [-0.3, -0.25) is 4.90 Å². The Labute approximate surface area is 124 Å². The number of morpholine rings is 1. The third-order valence-electron chi connectivity index (χ3n) is 4.95. The minimum absolute atomic E-state index is 0.345. The third-order valence-corrected chi connectivity index (χ3v) is 4.95. The molecule has 0 aromatic rings. The maximum absolute atomic E-state index is 5.57. The predicted octanol–water partition coefficient (Wildman–Crippen LogP) is 2.97. The van der Waals surface area contributed by atoms with E-state index in [1.54, 1.807) is 0 Å². The number of ether oxygens (including phenoxy) is 1. The lowest BCUT2D eigenvalue weighted by molar-refractivity contribution is -0.0356. The van der Waals surface area contributed by atoms with Gasteiger partial charge in [0, 0.05) is 24.7 Å². The summed E-state index contributed by atoms with van der Waals surface area (Å²) in [6.07, 6.45) is 7.72. The molecule has 1 atom stereocenters. The van der Waals surface area contributed by atoms with E-state index in [-0.39, 0.29) is 0 Å². The lowest BCUT2D eigenvalue weighted by Crippen LogP contribution is -2.62. The second-order valence-corrected chi connectivity index (χ2v) is 6.58. The molecule has 2 rings (SSSR count). The number of rotatable bonds is 7. The first kappa shape index (κ1) is 16.0. The Morgan fingerprint density at radius 3 is 2.50 bits per heavy atom. The van der Waals surface area contributed by atoms with Gasteiger partial charge in [-0.1, -0.05) is 25.3 Å². The summed E-state index contributed by atoms with van der Waals surface area (Å²) in [7, 11) is 0. The summed E-state index contributed by atoms with van der Waals surface area (Å²) >= 11 is 0. The quantitative estimate of drug-likeness (QED) is 0.726. The third kappa shape index (κ3) is 3.63. The SMILES string of the molecule is C=C(C)CC(NCCC)C1(N2CCOCC2)CCCC1. The number of hydrogen-bond acceptors (Lipinski definition) is 3. The average molecular weight is 280 g/mol. The van der Waals surface area contributed by atoms with E-state index >= 15 is 0 Å². The van der Waals surface area contributed by atoms with Crippen LogP contribution in [0.1, 0.15) is 52.4 Å². The van der Waals surface area contributed by atoms with Crippen molar-refractivity contribution in [2.24, 2.45) is 0 Å². The molecule has 2 fully saturated rings. The van der Waals surface area contributed by atoms with Crippen LogP contribution in [0.5, 0.6) is 0 Å². The molecule has 0 amide bonds. The lowest BCUT2D eigenvalue weighted by Gasteiger charge is -2.49. The smallest absolute Gasteiger partial charge is 0.0594 e. The van der Waals surface area contributed by atoms with Crippen molar-refractivity contribution < 1.29 is 4.74 Å². The first-order valence-corrected chi connectivity index (χ1v) is 8.39. The van der Waals surface area contributed by atoms with Crippen molar-refractivity contribution in [1.82, 2.24) is 10.2 Å². The normalized spacial score (nSPS) is 24.7. The molecule has 1 N–H and O–H groups in total.